The molecule has 24 heavy (non-hydrogen) atoms. The number of unbranched alkanes of at least 4 members (excludes halogenated alkanes) is 1. The number of benzene rings is 2. The van der Waals surface area contributed by atoms with Crippen LogP contribution in [0.15, 0.2) is 47.4 Å². The van der Waals surface area contributed by atoms with E-state index >= 15 is 0 Å². The van der Waals surface area contributed by atoms with Crippen LogP contribution in [0.5, 0.6) is 11.5 Å². The Kier molecular flexibility index (Phi) is 5.58. The van der Waals surface area contributed by atoms with Gasteiger partial charge >= 0.3 is 5.97 Å². The summed E-state index contributed by atoms with van der Waals surface area (Å²) in [5, 5.41) is 14.5. The van der Waals surface area contributed by atoms with Crippen LogP contribution in [0.4, 0.5) is 0 Å². The predicted octanol–water partition coefficient (Wildman–Crippen LogP) is 3.17. The molecule has 6 nitrogen and oxygen atoms in total. The maximum Gasteiger partial charge on any atom is 0.335 e. The number of aryl methyl sites for hydroxylation is 1. The number of sulfonamides is 1. The molecule has 0 atom stereocenters. The van der Waals surface area contributed by atoms with E-state index in [0.717, 1.165) is 18.9 Å². The van der Waals surface area contributed by atoms with Gasteiger partial charge in [-0.05, 0) is 42.7 Å². The highest BCUT2D eigenvalue weighted by atomic mass is 32.2. The molecule has 0 radical (unpaired) electrons. The Labute approximate surface area is 140 Å². The second-order valence-corrected chi connectivity index (χ2v) is 6.86. The Morgan fingerprint density at radius 1 is 1.21 bits per heavy atom. The summed E-state index contributed by atoms with van der Waals surface area (Å²) >= 11 is 0. The van der Waals surface area contributed by atoms with Crippen LogP contribution in [0.3, 0.4) is 0 Å². The van der Waals surface area contributed by atoms with Gasteiger partial charge in [-0.15, -0.1) is 0 Å². The van der Waals surface area contributed by atoms with Crippen molar-refractivity contribution in [3.8, 4) is 11.5 Å². The highest BCUT2D eigenvalue weighted by Gasteiger charge is 2.23. The summed E-state index contributed by atoms with van der Waals surface area (Å²) in [6.07, 6.45) is 2.12. The summed E-state index contributed by atoms with van der Waals surface area (Å²) in [4.78, 5) is 11.0. The summed E-state index contributed by atoms with van der Waals surface area (Å²) in [6.45, 7) is 1.99. The van der Waals surface area contributed by atoms with Gasteiger partial charge in [0.15, 0.2) is 5.75 Å². The first-order valence-electron chi connectivity index (χ1n) is 7.49. The SMILES string of the molecule is CCCCc1cc(C(=O)O)cc(S(N)(=O)=O)c1Oc1ccccc1. The second-order valence-electron chi connectivity index (χ2n) is 5.33. The highest BCUT2D eigenvalue weighted by Crippen LogP contribution is 2.34. The molecule has 0 saturated heterocycles. The molecule has 3 N–H and O–H groups in total. The number of carboxylic acids is 1. The predicted molar refractivity (Wildman–Crippen MR) is 89.9 cm³/mol. The summed E-state index contributed by atoms with van der Waals surface area (Å²) in [7, 11) is -4.15. The number of carboxylic acid groups (broad SMARTS) is 1. The average Bonchev–Trinajstić information content (AvgIpc) is 2.53. The van der Waals surface area contributed by atoms with Gasteiger partial charge in [-0.2, -0.15) is 0 Å². The van der Waals surface area contributed by atoms with Crippen molar-refractivity contribution in [1.29, 1.82) is 0 Å². The van der Waals surface area contributed by atoms with E-state index < -0.39 is 16.0 Å². The number of nitrogens with two attached hydrogens (primary N) is 1. The molecule has 0 unspecified atom stereocenters. The third-order valence-corrected chi connectivity index (χ3v) is 4.36. The number of hydrogen-bond acceptors (Lipinski definition) is 4. The zero-order chi connectivity index (χ0) is 17.7. The summed E-state index contributed by atoms with van der Waals surface area (Å²) < 4.78 is 29.6. The fourth-order valence-electron chi connectivity index (χ4n) is 2.27. The minimum atomic E-state index is -4.15. The minimum absolute atomic E-state index is 0.0853. The molecule has 7 heteroatoms. The Bertz CT molecular complexity index is 832. The molecule has 128 valence electrons. The zero-order valence-corrected chi connectivity index (χ0v) is 14.0. The van der Waals surface area contributed by atoms with Crippen LogP contribution < -0.4 is 9.88 Å². The molecule has 0 saturated carbocycles. The van der Waals surface area contributed by atoms with E-state index in [1.165, 1.54) is 6.07 Å². The molecular weight excluding hydrogens is 330 g/mol. The molecular formula is C17H19NO5S. The van der Waals surface area contributed by atoms with Gasteiger partial charge in [-0.1, -0.05) is 31.5 Å². The van der Waals surface area contributed by atoms with Crippen LogP contribution in [0.25, 0.3) is 0 Å². The zero-order valence-electron chi connectivity index (χ0n) is 13.2. The fraction of sp³-hybridized carbons (Fsp3) is 0.235. The Morgan fingerprint density at radius 2 is 1.88 bits per heavy atom. The largest absolute Gasteiger partial charge is 0.478 e. The molecule has 0 heterocycles. The van der Waals surface area contributed by atoms with Crippen molar-refractivity contribution in [3.63, 3.8) is 0 Å². The Morgan fingerprint density at radius 3 is 2.42 bits per heavy atom. The number of primary sulfonamides is 1. The molecule has 0 aromatic heterocycles. The van der Waals surface area contributed by atoms with Crippen molar-refractivity contribution in [2.45, 2.75) is 31.1 Å². The molecule has 0 spiro atoms. The van der Waals surface area contributed by atoms with E-state index in [1.807, 2.05) is 6.92 Å². The van der Waals surface area contributed by atoms with Crippen molar-refractivity contribution < 1.29 is 23.1 Å². The summed E-state index contributed by atoms with van der Waals surface area (Å²) in [5.74, 6) is -0.686. The summed E-state index contributed by atoms with van der Waals surface area (Å²) in [5.41, 5.74) is 0.371. The Balaban J connectivity index is 2.64. The van der Waals surface area contributed by atoms with Gasteiger partial charge in [-0.3, -0.25) is 0 Å². The van der Waals surface area contributed by atoms with Gasteiger partial charge in [0.1, 0.15) is 10.6 Å². The van der Waals surface area contributed by atoms with Crippen LogP contribution in [0.2, 0.25) is 0 Å². The van der Waals surface area contributed by atoms with E-state index in [2.05, 4.69) is 0 Å². The number of para-hydroxylation sites is 1. The molecule has 0 amide bonds. The minimum Gasteiger partial charge on any atom is -0.478 e. The number of hydrogen-bond donors (Lipinski definition) is 2. The quantitative estimate of drug-likeness (QED) is 0.798. The standard InChI is InChI=1S/C17H19NO5S/c1-2-3-7-12-10-13(17(19)20)11-15(24(18,21)22)16(12)23-14-8-5-4-6-9-14/h4-6,8-11H,2-3,7H2,1H3,(H,19,20)(H2,18,21,22). The normalized spacial score (nSPS) is 11.2. The van der Waals surface area contributed by atoms with Crippen molar-refractivity contribution >= 4 is 16.0 Å². The third-order valence-electron chi connectivity index (χ3n) is 3.45. The first kappa shape index (κ1) is 18.0. The fourth-order valence-corrected chi connectivity index (χ4v) is 2.99. The van der Waals surface area contributed by atoms with Gasteiger partial charge in [0, 0.05) is 0 Å². The lowest BCUT2D eigenvalue weighted by Gasteiger charge is -2.16. The van der Waals surface area contributed by atoms with E-state index in [-0.39, 0.29) is 16.2 Å². The number of rotatable bonds is 7. The van der Waals surface area contributed by atoms with Crippen LogP contribution in [0, 0.1) is 0 Å². The van der Waals surface area contributed by atoms with Gasteiger partial charge in [-0.25, -0.2) is 18.4 Å². The molecule has 2 aromatic rings. The first-order valence-corrected chi connectivity index (χ1v) is 9.03. The van der Waals surface area contributed by atoms with Gasteiger partial charge in [0.25, 0.3) is 0 Å². The van der Waals surface area contributed by atoms with Crippen LogP contribution in [-0.2, 0) is 16.4 Å². The van der Waals surface area contributed by atoms with E-state index in [1.54, 1.807) is 30.3 Å². The topological polar surface area (TPSA) is 107 Å². The van der Waals surface area contributed by atoms with Gasteiger partial charge in [0.2, 0.25) is 10.0 Å². The number of ether oxygens (including phenoxy) is 1. The Hall–Kier alpha value is -2.38. The molecule has 0 bridgehead atoms. The molecule has 0 aliphatic carbocycles. The smallest absolute Gasteiger partial charge is 0.335 e. The monoisotopic (exact) mass is 349 g/mol. The average molecular weight is 349 g/mol. The lowest BCUT2D eigenvalue weighted by Crippen LogP contribution is -2.15. The van der Waals surface area contributed by atoms with Crippen LogP contribution >= 0.6 is 0 Å². The van der Waals surface area contributed by atoms with Crippen molar-refractivity contribution in [3.05, 3.63) is 53.6 Å². The number of aromatic carboxylic acids is 1. The van der Waals surface area contributed by atoms with Crippen LogP contribution in [-0.4, -0.2) is 19.5 Å². The van der Waals surface area contributed by atoms with E-state index in [4.69, 9.17) is 9.88 Å². The first-order chi connectivity index (χ1) is 11.3. The maximum atomic E-state index is 11.9. The second kappa shape index (κ2) is 7.46. The van der Waals surface area contributed by atoms with E-state index in [0.29, 0.717) is 17.7 Å². The van der Waals surface area contributed by atoms with Gasteiger partial charge < -0.3 is 9.84 Å². The van der Waals surface area contributed by atoms with E-state index in [9.17, 15) is 18.3 Å². The maximum absolute atomic E-state index is 11.9. The van der Waals surface area contributed by atoms with Crippen LogP contribution in [0.1, 0.15) is 35.7 Å². The highest BCUT2D eigenvalue weighted by molar-refractivity contribution is 7.89. The summed E-state index contributed by atoms with van der Waals surface area (Å²) in [6, 6.07) is 11.1. The lowest BCUT2D eigenvalue weighted by molar-refractivity contribution is 0.0696. The van der Waals surface area contributed by atoms with Crippen molar-refractivity contribution in [1.82, 2.24) is 0 Å². The number of carbonyl (C=O) groups is 1. The van der Waals surface area contributed by atoms with Crippen molar-refractivity contribution in [2.24, 2.45) is 5.14 Å². The van der Waals surface area contributed by atoms with Crippen molar-refractivity contribution in [2.75, 3.05) is 0 Å². The third kappa shape index (κ3) is 4.33. The lowest BCUT2D eigenvalue weighted by atomic mass is 10.0. The molecule has 0 fully saturated rings. The molecule has 2 rings (SSSR count). The molecule has 2 aromatic carbocycles. The molecule has 0 aliphatic rings. The van der Waals surface area contributed by atoms with Gasteiger partial charge in [0.05, 0.1) is 5.56 Å². The molecule has 0 aliphatic heterocycles.